The summed E-state index contributed by atoms with van der Waals surface area (Å²) in [5.41, 5.74) is 1.79. The molecule has 1 aromatic rings. The number of carbonyl (C=O) groups excluding carboxylic acids is 1. The molecule has 0 bridgehead atoms. The van der Waals surface area contributed by atoms with Crippen molar-refractivity contribution in [3.63, 3.8) is 0 Å². The summed E-state index contributed by atoms with van der Waals surface area (Å²) in [5, 5.41) is 0. The van der Waals surface area contributed by atoms with Crippen molar-refractivity contribution >= 4 is 12.0 Å². The average molecular weight is 327 g/mol. The monoisotopic (exact) mass is 327 g/mol. The first-order valence-electron chi connectivity index (χ1n) is 8.82. The van der Waals surface area contributed by atoms with E-state index in [1.165, 1.54) is 6.42 Å². The minimum Gasteiger partial charge on any atom is -0.348 e. The van der Waals surface area contributed by atoms with E-state index < -0.39 is 0 Å². The molecule has 4 nitrogen and oxygen atoms in total. The molecule has 1 aliphatic heterocycles. The Hall–Kier alpha value is -1.65. The molecule has 3 fully saturated rings. The number of fused-ring (bicyclic) bond motifs is 1. The number of ether oxygens (including phenoxy) is 2. The Bertz CT molecular complexity index is 665. The normalized spacial score (nSPS) is 30.0. The maximum Gasteiger partial charge on any atom is 0.254 e. The predicted octanol–water partition coefficient (Wildman–Crippen LogP) is 3.33. The number of rotatable bonds is 4. The largest absolute Gasteiger partial charge is 0.348 e. The van der Waals surface area contributed by atoms with E-state index in [9.17, 15) is 4.79 Å². The van der Waals surface area contributed by atoms with Gasteiger partial charge in [0, 0.05) is 32.0 Å². The second-order valence-electron chi connectivity index (χ2n) is 7.54. The number of nitrogens with zero attached hydrogens (tertiary/aromatic N) is 1. The van der Waals surface area contributed by atoms with E-state index in [-0.39, 0.29) is 17.1 Å². The van der Waals surface area contributed by atoms with Gasteiger partial charge >= 0.3 is 0 Å². The molecule has 0 aromatic heterocycles. The Balaban J connectivity index is 1.49. The van der Waals surface area contributed by atoms with Crippen molar-refractivity contribution in [3.8, 4) is 0 Å². The third-order valence-electron chi connectivity index (χ3n) is 5.98. The Labute approximate surface area is 143 Å². The highest BCUT2D eigenvalue weighted by Crippen LogP contribution is 2.65. The third kappa shape index (κ3) is 2.58. The summed E-state index contributed by atoms with van der Waals surface area (Å²) in [6.45, 7) is 5.98. The van der Waals surface area contributed by atoms with Gasteiger partial charge in [0.1, 0.15) is 0 Å². The molecule has 0 radical (unpaired) electrons. The van der Waals surface area contributed by atoms with Crippen LogP contribution >= 0.6 is 0 Å². The third-order valence-corrected chi connectivity index (χ3v) is 5.98. The molecule has 1 saturated heterocycles. The molecule has 24 heavy (non-hydrogen) atoms. The fraction of sp³-hybridized carbons (Fsp3) is 0.550. The molecule has 128 valence electrons. The highest BCUT2D eigenvalue weighted by molar-refractivity contribution is 5.97. The number of hydrogen-bond acceptors (Lipinski definition) is 3. The summed E-state index contributed by atoms with van der Waals surface area (Å²) < 4.78 is 11.9. The predicted molar refractivity (Wildman–Crippen MR) is 92.5 cm³/mol. The molecule has 1 heterocycles. The molecular weight excluding hydrogens is 302 g/mol. The zero-order valence-electron chi connectivity index (χ0n) is 14.3. The molecule has 0 N–H and O–H groups in total. The lowest BCUT2D eigenvalue weighted by Crippen LogP contribution is -2.42. The fourth-order valence-electron chi connectivity index (χ4n) is 4.69. The highest BCUT2D eigenvalue weighted by Gasteiger charge is 2.63. The van der Waals surface area contributed by atoms with Crippen LogP contribution in [-0.4, -0.2) is 43.4 Å². The fourth-order valence-corrected chi connectivity index (χ4v) is 4.69. The molecule has 2 aliphatic carbocycles. The molecule has 2 unspecified atom stereocenters. The zero-order valence-corrected chi connectivity index (χ0v) is 14.3. The molecule has 2 atom stereocenters. The van der Waals surface area contributed by atoms with E-state index in [0.29, 0.717) is 19.1 Å². The minimum absolute atomic E-state index is 0.0680. The summed E-state index contributed by atoms with van der Waals surface area (Å²) in [6.07, 6.45) is 5.99. The Morgan fingerprint density at radius 3 is 2.88 bits per heavy atom. The van der Waals surface area contributed by atoms with Gasteiger partial charge in [0.15, 0.2) is 5.79 Å². The standard InChI is InChI=1S/C20H25NO3/c1-3-15-6-4-5-7-17(15)18(22)21(2)14-19-12-16(19)8-9-20(13-19)23-10-11-24-20/h3-7,16H,1,8-14H2,2H3. The van der Waals surface area contributed by atoms with Crippen molar-refractivity contribution in [3.05, 3.63) is 42.0 Å². The van der Waals surface area contributed by atoms with E-state index >= 15 is 0 Å². The Kier molecular flexibility index (Phi) is 3.77. The minimum atomic E-state index is -0.379. The van der Waals surface area contributed by atoms with Crippen molar-refractivity contribution < 1.29 is 14.3 Å². The average Bonchev–Trinajstić information content (AvgIpc) is 3.11. The zero-order chi connectivity index (χ0) is 16.8. The summed E-state index contributed by atoms with van der Waals surface area (Å²) in [4.78, 5) is 14.8. The van der Waals surface area contributed by atoms with Crippen molar-refractivity contribution in [1.82, 2.24) is 4.90 Å². The molecule has 1 amide bonds. The number of hydrogen-bond donors (Lipinski definition) is 0. The van der Waals surface area contributed by atoms with Gasteiger partial charge in [0.05, 0.1) is 13.2 Å². The second kappa shape index (κ2) is 5.71. The Morgan fingerprint density at radius 2 is 2.12 bits per heavy atom. The molecular formula is C20H25NO3. The number of benzene rings is 1. The van der Waals surface area contributed by atoms with Crippen LogP contribution in [0.3, 0.4) is 0 Å². The van der Waals surface area contributed by atoms with Crippen LogP contribution in [-0.2, 0) is 9.47 Å². The highest BCUT2D eigenvalue weighted by atomic mass is 16.7. The van der Waals surface area contributed by atoms with Crippen LogP contribution in [0.15, 0.2) is 30.8 Å². The van der Waals surface area contributed by atoms with Crippen molar-refractivity contribution in [2.45, 2.75) is 31.5 Å². The molecule has 3 aliphatic rings. The van der Waals surface area contributed by atoms with Gasteiger partial charge in [0.25, 0.3) is 5.91 Å². The van der Waals surface area contributed by atoms with Crippen LogP contribution in [0.5, 0.6) is 0 Å². The maximum absolute atomic E-state index is 12.9. The van der Waals surface area contributed by atoms with Gasteiger partial charge < -0.3 is 14.4 Å². The van der Waals surface area contributed by atoms with Crippen LogP contribution in [0.2, 0.25) is 0 Å². The van der Waals surface area contributed by atoms with Crippen molar-refractivity contribution in [1.29, 1.82) is 0 Å². The lowest BCUT2D eigenvalue weighted by molar-refractivity contribution is -0.189. The first-order chi connectivity index (χ1) is 11.6. The van der Waals surface area contributed by atoms with Crippen LogP contribution in [0.1, 0.15) is 41.6 Å². The van der Waals surface area contributed by atoms with Gasteiger partial charge in [-0.05, 0) is 35.8 Å². The van der Waals surface area contributed by atoms with Crippen molar-refractivity contribution in [2.75, 3.05) is 26.8 Å². The SMILES string of the molecule is C=Cc1ccccc1C(=O)N(C)CC12CC1CCC1(C2)OCCO1. The maximum atomic E-state index is 12.9. The second-order valence-corrected chi connectivity index (χ2v) is 7.54. The van der Waals surface area contributed by atoms with E-state index in [0.717, 1.165) is 36.9 Å². The molecule has 4 heteroatoms. The van der Waals surface area contributed by atoms with Gasteiger partial charge in [-0.1, -0.05) is 30.9 Å². The first-order valence-corrected chi connectivity index (χ1v) is 8.82. The number of amides is 1. The van der Waals surface area contributed by atoms with Gasteiger partial charge in [-0.3, -0.25) is 4.79 Å². The van der Waals surface area contributed by atoms with E-state index in [4.69, 9.17) is 9.47 Å². The van der Waals surface area contributed by atoms with Crippen LogP contribution in [0.25, 0.3) is 6.08 Å². The summed E-state index contributed by atoms with van der Waals surface area (Å²) in [5.74, 6) is 0.398. The van der Waals surface area contributed by atoms with Gasteiger partial charge in [-0.15, -0.1) is 0 Å². The first kappa shape index (κ1) is 15.9. The summed E-state index contributed by atoms with van der Waals surface area (Å²) in [6, 6.07) is 7.65. The smallest absolute Gasteiger partial charge is 0.254 e. The lowest BCUT2D eigenvalue weighted by Gasteiger charge is -2.38. The van der Waals surface area contributed by atoms with Gasteiger partial charge in [-0.25, -0.2) is 0 Å². The van der Waals surface area contributed by atoms with Crippen LogP contribution in [0.4, 0.5) is 0 Å². The van der Waals surface area contributed by atoms with Crippen molar-refractivity contribution in [2.24, 2.45) is 11.3 Å². The Morgan fingerprint density at radius 1 is 1.38 bits per heavy atom. The summed E-state index contributed by atoms with van der Waals surface area (Å²) in [7, 11) is 1.91. The number of carbonyl (C=O) groups is 1. The van der Waals surface area contributed by atoms with Gasteiger partial charge in [0.2, 0.25) is 0 Å². The van der Waals surface area contributed by atoms with Gasteiger partial charge in [-0.2, -0.15) is 0 Å². The molecule has 4 rings (SSSR count). The quantitative estimate of drug-likeness (QED) is 0.851. The lowest BCUT2D eigenvalue weighted by atomic mass is 9.83. The molecule has 1 aromatic carbocycles. The van der Waals surface area contributed by atoms with E-state index in [2.05, 4.69) is 6.58 Å². The van der Waals surface area contributed by atoms with Crippen LogP contribution in [0, 0.1) is 11.3 Å². The topological polar surface area (TPSA) is 38.8 Å². The van der Waals surface area contributed by atoms with E-state index in [1.807, 2.05) is 36.2 Å². The molecule has 1 spiro atoms. The molecule has 2 saturated carbocycles. The summed E-state index contributed by atoms with van der Waals surface area (Å²) >= 11 is 0. The van der Waals surface area contributed by atoms with E-state index in [1.54, 1.807) is 6.08 Å². The van der Waals surface area contributed by atoms with Crippen LogP contribution < -0.4 is 0 Å².